The minimum atomic E-state index is -0.259. The Morgan fingerprint density at radius 3 is 2.61 bits per heavy atom. The summed E-state index contributed by atoms with van der Waals surface area (Å²) in [4.78, 5) is 28.8. The fourth-order valence-corrected chi connectivity index (χ4v) is 2.88. The summed E-state index contributed by atoms with van der Waals surface area (Å²) in [5.41, 5.74) is 3.37. The highest BCUT2D eigenvalue weighted by atomic mass is 16.5. The second-order valence-corrected chi connectivity index (χ2v) is 6.52. The molecule has 6 heteroatoms. The maximum atomic E-state index is 12.3. The third kappa shape index (κ3) is 4.85. The van der Waals surface area contributed by atoms with Crippen molar-refractivity contribution in [3.05, 3.63) is 82.4 Å². The Kier molecular flexibility index (Phi) is 6.22. The smallest absolute Gasteiger partial charge is 0.254 e. The van der Waals surface area contributed by atoms with Gasteiger partial charge >= 0.3 is 0 Å². The van der Waals surface area contributed by atoms with Crippen molar-refractivity contribution in [1.82, 2.24) is 14.9 Å². The lowest BCUT2D eigenvalue weighted by Gasteiger charge is -2.10. The van der Waals surface area contributed by atoms with Crippen LogP contribution in [-0.4, -0.2) is 29.1 Å². The van der Waals surface area contributed by atoms with Crippen molar-refractivity contribution in [2.75, 3.05) is 13.7 Å². The number of hydrogen-bond donors (Lipinski definition) is 1. The summed E-state index contributed by atoms with van der Waals surface area (Å²) in [6, 6.07) is 16.9. The maximum Gasteiger partial charge on any atom is 0.254 e. The van der Waals surface area contributed by atoms with E-state index < -0.39 is 0 Å². The number of aromatic nitrogens is 2. The number of nitrogens with zero attached hydrogens (tertiary/aromatic N) is 2. The summed E-state index contributed by atoms with van der Waals surface area (Å²) in [6.45, 7) is 2.40. The normalized spacial score (nSPS) is 10.5. The molecule has 0 bridgehead atoms. The molecule has 144 valence electrons. The van der Waals surface area contributed by atoms with Crippen LogP contribution in [-0.2, 0) is 17.8 Å². The van der Waals surface area contributed by atoms with E-state index in [9.17, 15) is 9.59 Å². The number of aryl methyl sites for hydroxylation is 1. The molecule has 0 aliphatic rings. The molecule has 0 saturated heterocycles. The van der Waals surface area contributed by atoms with Gasteiger partial charge in [0.2, 0.25) is 5.91 Å². The van der Waals surface area contributed by atoms with Crippen molar-refractivity contribution >= 4 is 5.91 Å². The highest BCUT2D eigenvalue weighted by molar-refractivity contribution is 5.75. The van der Waals surface area contributed by atoms with Gasteiger partial charge in [0.25, 0.3) is 5.56 Å². The van der Waals surface area contributed by atoms with Gasteiger partial charge in [0.05, 0.1) is 19.1 Å². The van der Waals surface area contributed by atoms with Crippen LogP contribution in [0.2, 0.25) is 0 Å². The van der Waals surface area contributed by atoms with Crippen molar-refractivity contribution < 1.29 is 9.53 Å². The predicted molar refractivity (Wildman–Crippen MR) is 108 cm³/mol. The van der Waals surface area contributed by atoms with Gasteiger partial charge in [0, 0.05) is 18.2 Å². The third-order valence-electron chi connectivity index (χ3n) is 4.45. The van der Waals surface area contributed by atoms with Crippen LogP contribution in [0.3, 0.4) is 0 Å². The molecule has 0 unspecified atom stereocenters. The van der Waals surface area contributed by atoms with E-state index in [1.807, 2.05) is 55.5 Å². The number of benzene rings is 2. The minimum Gasteiger partial charge on any atom is -0.496 e. The third-order valence-corrected chi connectivity index (χ3v) is 4.45. The van der Waals surface area contributed by atoms with Gasteiger partial charge in [-0.3, -0.25) is 14.2 Å². The zero-order chi connectivity index (χ0) is 19.9. The number of nitrogens with one attached hydrogen (secondary N) is 1. The van der Waals surface area contributed by atoms with E-state index in [1.165, 1.54) is 17.0 Å². The van der Waals surface area contributed by atoms with Crippen LogP contribution in [0, 0.1) is 6.92 Å². The molecule has 3 rings (SSSR count). The highest BCUT2D eigenvalue weighted by Crippen LogP contribution is 2.17. The average molecular weight is 377 g/mol. The predicted octanol–water partition coefficient (Wildman–Crippen LogP) is 2.59. The number of amides is 1. The number of para-hydroxylation sites is 1. The second kappa shape index (κ2) is 8.99. The fraction of sp³-hybridized carbons (Fsp3) is 0.227. The van der Waals surface area contributed by atoms with Gasteiger partial charge in [-0.15, -0.1) is 0 Å². The van der Waals surface area contributed by atoms with Gasteiger partial charge in [-0.25, -0.2) is 4.98 Å². The van der Waals surface area contributed by atoms with Gasteiger partial charge in [-0.1, -0.05) is 48.0 Å². The van der Waals surface area contributed by atoms with E-state index in [0.717, 1.165) is 22.4 Å². The molecule has 1 aromatic heterocycles. The topological polar surface area (TPSA) is 73.2 Å². The monoisotopic (exact) mass is 377 g/mol. The molecule has 2 aromatic carbocycles. The van der Waals surface area contributed by atoms with Crippen LogP contribution in [0.4, 0.5) is 0 Å². The molecule has 0 fully saturated rings. The largest absolute Gasteiger partial charge is 0.496 e. The van der Waals surface area contributed by atoms with Crippen molar-refractivity contribution in [1.29, 1.82) is 0 Å². The summed E-state index contributed by atoms with van der Waals surface area (Å²) in [7, 11) is 1.62. The van der Waals surface area contributed by atoms with Crippen LogP contribution in [0.25, 0.3) is 11.3 Å². The molecule has 6 nitrogen and oxygen atoms in total. The van der Waals surface area contributed by atoms with Crippen molar-refractivity contribution in [2.24, 2.45) is 0 Å². The summed E-state index contributed by atoms with van der Waals surface area (Å²) in [5, 5.41) is 2.83. The lowest BCUT2D eigenvalue weighted by atomic mass is 10.1. The first kappa shape index (κ1) is 19.4. The number of rotatable bonds is 7. The maximum absolute atomic E-state index is 12.3. The second-order valence-electron chi connectivity index (χ2n) is 6.52. The molecule has 1 heterocycles. The van der Waals surface area contributed by atoms with Crippen molar-refractivity contribution in [3.8, 4) is 17.0 Å². The van der Waals surface area contributed by atoms with Crippen molar-refractivity contribution in [2.45, 2.75) is 19.9 Å². The zero-order valence-electron chi connectivity index (χ0n) is 16.0. The Bertz CT molecular complexity index is 1010. The molecule has 0 aliphatic carbocycles. The van der Waals surface area contributed by atoms with Crippen LogP contribution in [0.15, 0.2) is 65.7 Å². The SMILES string of the molecule is COc1ccccc1CCNC(=O)Cn1cnc(-c2ccc(C)cc2)cc1=O. The van der Waals surface area contributed by atoms with E-state index in [1.54, 1.807) is 7.11 Å². The fourth-order valence-electron chi connectivity index (χ4n) is 2.88. The Balaban J connectivity index is 1.58. The molecule has 0 atom stereocenters. The molecular formula is C22H23N3O3. The summed E-state index contributed by atoms with van der Waals surface area (Å²) >= 11 is 0. The van der Waals surface area contributed by atoms with E-state index in [2.05, 4.69) is 10.3 Å². The summed E-state index contributed by atoms with van der Waals surface area (Å²) < 4.78 is 6.60. The van der Waals surface area contributed by atoms with Crippen LogP contribution < -0.4 is 15.6 Å². The molecule has 0 saturated carbocycles. The molecule has 0 spiro atoms. The Labute approximate surface area is 163 Å². The van der Waals surface area contributed by atoms with Gasteiger partial charge in [-0.2, -0.15) is 0 Å². The first-order valence-electron chi connectivity index (χ1n) is 9.09. The number of carbonyl (C=O) groups excluding carboxylic acids is 1. The van der Waals surface area contributed by atoms with E-state index in [4.69, 9.17) is 4.74 Å². The Hall–Kier alpha value is -3.41. The van der Waals surface area contributed by atoms with E-state index in [0.29, 0.717) is 18.7 Å². The van der Waals surface area contributed by atoms with Gasteiger partial charge in [0.15, 0.2) is 0 Å². The average Bonchev–Trinajstić information content (AvgIpc) is 2.70. The molecule has 1 N–H and O–H groups in total. The number of methoxy groups -OCH3 is 1. The molecule has 0 radical (unpaired) electrons. The number of carbonyl (C=O) groups is 1. The lowest BCUT2D eigenvalue weighted by Crippen LogP contribution is -2.33. The summed E-state index contributed by atoms with van der Waals surface area (Å²) in [6.07, 6.45) is 2.06. The molecule has 0 aliphatic heterocycles. The van der Waals surface area contributed by atoms with Gasteiger partial charge in [-0.05, 0) is 25.0 Å². The Morgan fingerprint density at radius 2 is 1.89 bits per heavy atom. The molecular weight excluding hydrogens is 354 g/mol. The molecule has 1 amide bonds. The Morgan fingerprint density at radius 1 is 1.14 bits per heavy atom. The minimum absolute atomic E-state index is 0.0636. The lowest BCUT2D eigenvalue weighted by molar-refractivity contribution is -0.121. The van der Waals surface area contributed by atoms with Gasteiger partial charge < -0.3 is 10.1 Å². The van der Waals surface area contributed by atoms with Crippen LogP contribution >= 0.6 is 0 Å². The highest BCUT2D eigenvalue weighted by Gasteiger charge is 2.08. The van der Waals surface area contributed by atoms with Gasteiger partial charge in [0.1, 0.15) is 12.3 Å². The zero-order valence-corrected chi connectivity index (χ0v) is 16.0. The number of ether oxygens (including phenoxy) is 1. The molecule has 3 aromatic rings. The first-order chi connectivity index (χ1) is 13.6. The van der Waals surface area contributed by atoms with E-state index >= 15 is 0 Å². The van der Waals surface area contributed by atoms with Crippen LogP contribution in [0.5, 0.6) is 5.75 Å². The standard InChI is InChI=1S/C22H23N3O3/c1-16-7-9-17(10-8-16)19-13-22(27)25(15-24-19)14-21(26)23-12-11-18-5-3-4-6-20(18)28-2/h3-10,13,15H,11-12,14H2,1-2H3,(H,23,26). The number of hydrogen-bond acceptors (Lipinski definition) is 4. The van der Waals surface area contributed by atoms with E-state index in [-0.39, 0.29) is 18.0 Å². The quantitative estimate of drug-likeness (QED) is 0.687. The van der Waals surface area contributed by atoms with Crippen LogP contribution in [0.1, 0.15) is 11.1 Å². The first-order valence-corrected chi connectivity index (χ1v) is 9.09. The molecule has 28 heavy (non-hydrogen) atoms. The summed E-state index contributed by atoms with van der Waals surface area (Å²) in [5.74, 6) is 0.561. The van der Waals surface area contributed by atoms with Crippen molar-refractivity contribution in [3.63, 3.8) is 0 Å².